The topological polar surface area (TPSA) is 37.4 Å². The average Bonchev–Trinajstić information content (AvgIpc) is 2.18. The van der Waals surface area contributed by atoms with Gasteiger partial charge in [-0.1, -0.05) is 12.8 Å². The average molecular weight is 195 g/mol. The quantitative estimate of drug-likeness (QED) is 0.585. The van der Waals surface area contributed by atoms with Gasteiger partial charge in [0.15, 0.2) is 0 Å². The zero-order chi connectivity index (χ0) is 10.1. The molecule has 1 aliphatic heterocycles. The Morgan fingerprint density at radius 1 is 1.36 bits per heavy atom. The van der Waals surface area contributed by atoms with Crippen molar-refractivity contribution in [1.82, 2.24) is 4.90 Å². The second kappa shape index (κ2) is 3.71. The predicted octanol–water partition coefficient (Wildman–Crippen LogP) is 1.37. The van der Waals surface area contributed by atoms with Crippen molar-refractivity contribution in [2.75, 3.05) is 6.54 Å². The molecule has 2 atom stereocenters. The Morgan fingerprint density at radius 2 is 2.07 bits per heavy atom. The number of Topliss-reactive ketones (excluding diaryl/α,β-unsaturated/α-hetero) is 1. The van der Waals surface area contributed by atoms with Crippen LogP contribution in [0.25, 0.3) is 0 Å². The lowest BCUT2D eigenvalue weighted by molar-refractivity contribution is -0.141. The highest BCUT2D eigenvalue weighted by molar-refractivity contribution is 5.85. The normalized spacial score (nSPS) is 32.6. The summed E-state index contributed by atoms with van der Waals surface area (Å²) in [7, 11) is 0. The molecule has 1 aliphatic carbocycles. The second-order valence-corrected chi connectivity index (χ2v) is 4.39. The van der Waals surface area contributed by atoms with Gasteiger partial charge in [0, 0.05) is 31.8 Å². The van der Waals surface area contributed by atoms with Crippen molar-refractivity contribution >= 4 is 11.7 Å². The van der Waals surface area contributed by atoms with Gasteiger partial charge in [0.1, 0.15) is 5.78 Å². The zero-order valence-electron chi connectivity index (χ0n) is 8.66. The summed E-state index contributed by atoms with van der Waals surface area (Å²) in [6, 6.07) is 0.225. The monoisotopic (exact) mass is 195 g/mol. The number of piperidine rings is 1. The second-order valence-electron chi connectivity index (χ2n) is 4.39. The van der Waals surface area contributed by atoms with Crippen molar-refractivity contribution < 1.29 is 9.59 Å². The van der Waals surface area contributed by atoms with E-state index in [1.165, 1.54) is 0 Å². The molecule has 0 aromatic heterocycles. The van der Waals surface area contributed by atoms with Crippen LogP contribution in [-0.4, -0.2) is 29.2 Å². The fraction of sp³-hybridized carbons (Fsp3) is 0.818. The van der Waals surface area contributed by atoms with Gasteiger partial charge in [-0.05, 0) is 12.8 Å². The summed E-state index contributed by atoms with van der Waals surface area (Å²) in [6.07, 6.45) is 4.90. The van der Waals surface area contributed by atoms with E-state index in [9.17, 15) is 9.59 Å². The minimum Gasteiger partial charge on any atom is -0.339 e. The molecule has 0 aromatic carbocycles. The highest BCUT2D eigenvalue weighted by atomic mass is 16.2. The summed E-state index contributed by atoms with van der Waals surface area (Å²) in [4.78, 5) is 24.9. The third-order valence-corrected chi connectivity index (χ3v) is 3.55. The molecular weight excluding hydrogens is 178 g/mol. The van der Waals surface area contributed by atoms with Crippen molar-refractivity contribution in [2.45, 2.75) is 45.1 Å². The van der Waals surface area contributed by atoms with Crippen LogP contribution in [-0.2, 0) is 9.59 Å². The summed E-state index contributed by atoms with van der Waals surface area (Å²) in [6.45, 7) is 2.26. The first-order valence-electron chi connectivity index (χ1n) is 5.50. The number of carbonyl (C=O) groups excluding carboxylic acids is 2. The molecular formula is C11H17NO2. The fourth-order valence-corrected chi connectivity index (χ4v) is 2.83. The van der Waals surface area contributed by atoms with E-state index in [4.69, 9.17) is 0 Å². The lowest BCUT2D eigenvalue weighted by atomic mass is 9.77. The lowest BCUT2D eigenvalue weighted by Crippen LogP contribution is -2.52. The number of carbonyl (C=O) groups is 2. The van der Waals surface area contributed by atoms with Gasteiger partial charge in [-0.3, -0.25) is 9.59 Å². The molecule has 2 unspecified atom stereocenters. The Bertz CT molecular complexity index is 260. The molecule has 0 spiro atoms. The Morgan fingerprint density at radius 3 is 2.79 bits per heavy atom. The van der Waals surface area contributed by atoms with E-state index in [2.05, 4.69) is 0 Å². The molecule has 0 radical (unpaired) electrons. The van der Waals surface area contributed by atoms with E-state index in [-0.39, 0.29) is 17.9 Å². The molecule has 3 nitrogen and oxygen atoms in total. The summed E-state index contributed by atoms with van der Waals surface area (Å²) >= 11 is 0. The number of nitrogens with zero attached hydrogens (tertiary/aromatic N) is 1. The zero-order valence-corrected chi connectivity index (χ0v) is 8.66. The molecule has 0 bridgehead atoms. The third-order valence-electron chi connectivity index (χ3n) is 3.55. The van der Waals surface area contributed by atoms with E-state index in [1.54, 1.807) is 6.92 Å². The molecule has 1 saturated carbocycles. The number of fused-ring (bicyclic) bond motifs is 1. The van der Waals surface area contributed by atoms with Crippen LogP contribution in [0.2, 0.25) is 0 Å². The Hall–Kier alpha value is -0.860. The van der Waals surface area contributed by atoms with Gasteiger partial charge < -0.3 is 4.90 Å². The molecule has 14 heavy (non-hydrogen) atoms. The lowest BCUT2D eigenvalue weighted by Gasteiger charge is -2.42. The van der Waals surface area contributed by atoms with E-state index in [0.717, 1.165) is 25.7 Å². The van der Waals surface area contributed by atoms with Crippen molar-refractivity contribution in [3.63, 3.8) is 0 Å². The molecule has 3 heteroatoms. The molecule has 0 N–H and O–H groups in total. The van der Waals surface area contributed by atoms with Crippen molar-refractivity contribution in [3.05, 3.63) is 0 Å². The summed E-state index contributed by atoms with van der Waals surface area (Å²) in [5, 5.41) is 0. The number of rotatable bonds is 0. The first kappa shape index (κ1) is 9.69. The summed E-state index contributed by atoms with van der Waals surface area (Å²) < 4.78 is 0. The van der Waals surface area contributed by atoms with E-state index >= 15 is 0 Å². The van der Waals surface area contributed by atoms with E-state index < -0.39 is 0 Å². The number of hydrogen-bond donors (Lipinski definition) is 0. The van der Waals surface area contributed by atoms with Crippen LogP contribution < -0.4 is 0 Å². The number of likely N-dealkylation sites (tertiary alicyclic amines) is 1. The Kier molecular flexibility index (Phi) is 2.57. The van der Waals surface area contributed by atoms with Crippen LogP contribution in [0, 0.1) is 5.92 Å². The smallest absolute Gasteiger partial charge is 0.219 e. The highest BCUT2D eigenvalue weighted by Gasteiger charge is 2.39. The molecule has 2 fully saturated rings. The van der Waals surface area contributed by atoms with Crippen LogP contribution in [0.1, 0.15) is 39.0 Å². The number of hydrogen-bond acceptors (Lipinski definition) is 2. The standard InChI is InChI=1S/C11H17NO2/c1-8(13)12-7-6-11(14)9-4-2-3-5-10(9)12/h9-10H,2-7H2,1H3. The van der Waals surface area contributed by atoms with Crippen molar-refractivity contribution in [2.24, 2.45) is 5.92 Å². The molecule has 1 saturated heterocycles. The van der Waals surface area contributed by atoms with Crippen LogP contribution in [0.3, 0.4) is 0 Å². The maximum atomic E-state index is 11.7. The molecule has 2 aliphatic rings. The van der Waals surface area contributed by atoms with Crippen LogP contribution in [0.15, 0.2) is 0 Å². The number of ketones is 1. The van der Waals surface area contributed by atoms with Crippen molar-refractivity contribution in [3.8, 4) is 0 Å². The SMILES string of the molecule is CC(=O)N1CCC(=O)C2CCCCC21. The van der Waals surface area contributed by atoms with Crippen LogP contribution in [0.4, 0.5) is 0 Å². The minimum absolute atomic E-state index is 0.134. The van der Waals surface area contributed by atoms with Crippen molar-refractivity contribution in [1.29, 1.82) is 0 Å². The molecule has 1 amide bonds. The Labute approximate surface area is 84.5 Å². The summed E-state index contributed by atoms with van der Waals surface area (Å²) in [5.74, 6) is 0.669. The van der Waals surface area contributed by atoms with Crippen LogP contribution >= 0.6 is 0 Å². The molecule has 78 valence electrons. The fourth-order valence-electron chi connectivity index (χ4n) is 2.83. The van der Waals surface area contributed by atoms with Gasteiger partial charge in [-0.2, -0.15) is 0 Å². The molecule has 2 rings (SSSR count). The maximum Gasteiger partial charge on any atom is 0.219 e. The van der Waals surface area contributed by atoms with Gasteiger partial charge >= 0.3 is 0 Å². The van der Waals surface area contributed by atoms with Crippen LogP contribution in [0.5, 0.6) is 0 Å². The molecule has 1 heterocycles. The first-order chi connectivity index (χ1) is 6.70. The minimum atomic E-state index is 0.134. The third kappa shape index (κ3) is 1.56. The summed E-state index contributed by atoms with van der Waals surface area (Å²) in [5.41, 5.74) is 0. The predicted molar refractivity (Wildman–Crippen MR) is 52.8 cm³/mol. The van der Waals surface area contributed by atoms with Gasteiger partial charge in [-0.25, -0.2) is 0 Å². The molecule has 0 aromatic rings. The van der Waals surface area contributed by atoms with Gasteiger partial charge in [0.25, 0.3) is 0 Å². The van der Waals surface area contributed by atoms with E-state index in [1.807, 2.05) is 4.90 Å². The van der Waals surface area contributed by atoms with Gasteiger partial charge in [0.2, 0.25) is 5.91 Å². The first-order valence-corrected chi connectivity index (χ1v) is 5.50. The largest absolute Gasteiger partial charge is 0.339 e. The maximum absolute atomic E-state index is 11.7. The Balaban J connectivity index is 2.16. The van der Waals surface area contributed by atoms with Gasteiger partial charge in [0.05, 0.1) is 0 Å². The van der Waals surface area contributed by atoms with Gasteiger partial charge in [-0.15, -0.1) is 0 Å². The highest BCUT2D eigenvalue weighted by Crippen LogP contribution is 2.33. The number of amides is 1. The van der Waals surface area contributed by atoms with E-state index in [0.29, 0.717) is 18.7 Å².